The Morgan fingerprint density at radius 2 is 1.67 bits per heavy atom. The largest absolute Gasteiger partial charge is 0.573 e. The van der Waals surface area contributed by atoms with Gasteiger partial charge in [-0.05, 0) is 24.3 Å². The van der Waals surface area contributed by atoms with Gasteiger partial charge in [-0.2, -0.15) is 0 Å². The zero-order valence-corrected chi connectivity index (χ0v) is 8.75. The van der Waals surface area contributed by atoms with Gasteiger partial charge in [0.15, 0.2) is 0 Å². The van der Waals surface area contributed by atoms with Gasteiger partial charge in [-0.15, -0.1) is 13.2 Å². The molecule has 0 aliphatic carbocycles. The number of benzene rings is 1. The summed E-state index contributed by atoms with van der Waals surface area (Å²) in [6, 6.07) is 4.26. The zero-order chi connectivity index (χ0) is 13.8. The van der Waals surface area contributed by atoms with Gasteiger partial charge in [0.05, 0.1) is 0 Å². The summed E-state index contributed by atoms with van der Waals surface area (Å²) in [5.74, 6) is 2.16. The molecule has 0 atom stereocenters. The standard InChI is InChI=1S/C9H8F3N3O3/c10-9(11,12)18-6-3-1-5(2-4-6)14-7(16)8(17)15-13/h1-4H,13H2,(H,14,16)(H,15,17). The summed E-state index contributed by atoms with van der Waals surface area (Å²) in [7, 11) is 0. The number of hydrazine groups is 1. The van der Waals surface area contributed by atoms with Gasteiger partial charge in [-0.25, -0.2) is 5.84 Å². The molecule has 0 aliphatic rings. The highest BCUT2D eigenvalue weighted by Gasteiger charge is 2.30. The van der Waals surface area contributed by atoms with E-state index in [-0.39, 0.29) is 5.69 Å². The average molecular weight is 263 g/mol. The number of carbonyl (C=O) groups is 2. The minimum Gasteiger partial charge on any atom is -0.406 e. The second-order valence-electron chi connectivity index (χ2n) is 3.00. The molecule has 0 aliphatic heterocycles. The van der Waals surface area contributed by atoms with Crippen LogP contribution in [-0.2, 0) is 9.59 Å². The Bertz CT molecular complexity index is 445. The number of anilines is 1. The van der Waals surface area contributed by atoms with Crippen molar-refractivity contribution in [3.63, 3.8) is 0 Å². The number of hydrogen-bond donors (Lipinski definition) is 3. The molecule has 1 rings (SSSR count). The number of carbonyl (C=O) groups excluding carboxylic acids is 2. The first-order valence-corrected chi connectivity index (χ1v) is 4.49. The number of nitrogens with one attached hydrogen (secondary N) is 2. The van der Waals surface area contributed by atoms with Crippen LogP contribution in [0.15, 0.2) is 24.3 Å². The van der Waals surface area contributed by atoms with Crippen LogP contribution in [0.4, 0.5) is 18.9 Å². The van der Waals surface area contributed by atoms with Crippen molar-refractivity contribution in [1.29, 1.82) is 0 Å². The Morgan fingerprint density at radius 3 is 2.11 bits per heavy atom. The molecule has 0 fully saturated rings. The fourth-order valence-corrected chi connectivity index (χ4v) is 0.993. The van der Waals surface area contributed by atoms with Crippen LogP contribution in [0.2, 0.25) is 0 Å². The predicted octanol–water partition coefficient (Wildman–Crippen LogP) is 0.514. The van der Waals surface area contributed by atoms with Crippen LogP contribution in [0.5, 0.6) is 5.75 Å². The van der Waals surface area contributed by atoms with Gasteiger partial charge in [0.25, 0.3) is 0 Å². The highest BCUT2D eigenvalue weighted by atomic mass is 19.4. The Hall–Kier alpha value is -2.29. The quantitative estimate of drug-likeness (QED) is 0.314. The lowest BCUT2D eigenvalue weighted by atomic mass is 10.3. The molecule has 18 heavy (non-hydrogen) atoms. The topological polar surface area (TPSA) is 93.5 Å². The Morgan fingerprint density at radius 1 is 1.11 bits per heavy atom. The summed E-state index contributed by atoms with van der Waals surface area (Å²) >= 11 is 0. The van der Waals surface area contributed by atoms with Gasteiger partial charge < -0.3 is 10.1 Å². The maximum absolute atomic E-state index is 11.8. The summed E-state index contributed by atoms with van der Waals surface area (Å²) in [6.45, 7) is 0. The molecular formula is C9H8F3N3O3. The Kier molecular flexibility index (Phi) is 4.10. The zero-order valence-electron chi connectivity index (χ0n) is 8.75. The van der Waals surface area contributed by atoms with E-state index in [1.807, 2.05) is 0 Å². The van der Waals surface area contributed by atoms with Crippen LogP contribution >= 0.6 is 0 Å². The van der Waals surface area contributed by atoms with Crippen molar-refractivity contribution in [2.24, 2.45) is 5.84 Å². The lowest BCUT2D eigenvalue weighted by molar-refractivity contribution is -0.274. The number of alkyl halides is 3. The van der Waals surface area contributed by atoms with Crippen molar-refractivity contribution in [3.05, 3.63) is 24.3 Å². The molecule has 1 aromatic carbocycles. The number of ether oxygens (including phenoxy) is 1. The monoisotopic (exact) mass is 263 g/mol. The van der Waals surface area contributed by atoms with E-state index in [1.54, 1.807) is 5.43 Å². The molecule has 0 bridgehead atoms. The fourth-order valence-electron chi connectivity index (χ4n) is 0.993. The number of nitrogens with two attached hydrogens (primary N) is 1. The first kappa shape index (κ1) is 13.8. The molecule has 0 unspecified atom stereocenters. The highest BCUT2D eigenvalue weighted by molar-refractivity contribution is 6.39. The third-order valence-electron chi connectivity index (χ3n) is 1.68. The van der Waals surface area contributed by atoms with E-state index in [1.165, 1.54) is 0 Å². The first-order valence-electron chi connectivity index (χ1n) is 4.49. The molecule has 98 valence electrons. The van der Waals surface area contributed by atoms with Crippen LogP contribution in [0, 0.1) is 0 Å². The van der Waals surface area contributed by atoms with Crippen molar-refractivity contribution < 1.29 is 27.5 Å². The summed E-state index contributed by atoms with van der Waals surface area (Å²) in [5, 5.41) is 2.11. The minimum absolute atomic E-state index is 0.123. The van der Waals surface area contributed by atoms with E-state index in [9.17, 15) is 22.8 Å². The highest BCUT2D eigenvalue weighted by Crippen LogP contribution is 2.23. The molecule has 0 radical (unpaired) electrons. The molecule has 0 heterocycles. The third-order valence-corrected chi connectivity index (χ3v) is 1.68. The van der Waals surface area contributed by atoms with E-state index in [0.29, 0.717) is 0 Å². The predicted molar refractivity (Wildman–Crippen MR) is 54.1 cm³/mol. The van der Waals surface area contributed by atoms with Crippen LogP contribution in [0.1, 0.15) is 0 Å². The van der Waals surface area contributed by atoms with Gasteiger partial charge in [-0.3, -0.25) is 15.0 Å². The molecule has 6 nitrogen and oxygen atoms in total. The molecular weight excluding hydrogens is 255 g/mol. The smallest absolute Gasteiger partial charge is 0.406 e. The summed E-state index contributed by atoms with van der Waals surface area (Å²) in [4.78, 5) is 21.8. The second-order valence-corrected chi connectivity index (χ2v) is 3.00. The van der Waals surface area contributed by atoms with Crippen molar-refractivity contribution >= 4 is 17.5 Å². The Labute approximate surface area is 98.9 Å². The number of amides is 2. The third kappa shape index (κ3) is 4.29. The molecule has 0 spiro atoms. The Balaban J connectivity index is 2.66. The SMILES string of the molecule is NNC(=O)C(=O)Nc1ccc(OC(F)(F)F)cc1. The molecule has 9 heteroatoms. The van der Waals surface area contributed by atoms with Crippen molar-refractivity contribution in [3.8, 4) is 5.75 Å². The number of halogens is 3. The van der Waals surface area contributed by atoms with Crippen LogP contribution < -0.4 is 21.3 Å². The lowest BCUT2D eigenvalue weighted by Crippen LogP contribution is -2.39. The number of hydrogen-bond acceptors (Lipinski definition) is 4. The molecule has 2 amide bonds. The summed E-state index contributed by atoms with van der Waals surface area (Å²) in [6.07, 6.45) is -4.79. The fraction of sp³-hybridized carbons (Fsp3) is 0.111. The summed E-state index contributed by atoms with van der Waals surface area (Å²) in [5.41, 5.74) is 1.73. The molecule has 4 N–H and O–H groups in total. The van der Waals surface area contributed by atoms with Gasteiger partial charge in [0.2, 0.25) is 0 Å². The van der Waals surface area contributed by atoms with Gasteiger partial charge in [0.1, 0.15) is 5.75 Å². The van der Waals surface area contributed by atoms with Crippen molar-refractivity contribution in [2.75, 3.05) is 5.32 Å². The van der Waals surface area contributed by atoms with Crippen LogP contribution in [0.3, 0.4) is 0 Å². The van der Waals surface area contributed by atoms with E-state index in [4.69, 9.17) is 5.84 Å². The van der Waals surface area contributed by atoms with E-state index >= 15 is 0 Å². The molecule has 0 saturated heterocycles. The van der Waals surface area contributed by atoms with Crippen LogP contribution in [-0.4, -0.2) is 18.2 Å². The first-order chi connectivity index (χ1) is 8.31. The molecule has 0 aromatic heterocycles. The van der Waals surface area contributed by atoms with E-state index < -0.39 is 23.9 Å². The van der Waals surface area contributed by atoms with E-state index in [0.717, 1.165) is 24.3 Å². The number of rotatable bonds is 2. The van der Waals surface area contributed by atoms with Gasteiger partial charge in [0, 0.05) is 5.69 Å². The summed E-state index contributed by atoms with van der Waals surface area (Å²) < 4.78 is 39.2. The normalized spacial score (nSPS) is 10.7. The van der Waals surface area contributed by atoms with E-state index in [2.05, 4.69) is 10.1 Å². The maximum Gasteiger partial charge on any atom is 0.573 e. The second kappa shape index (κ2) is 5.36. The molecule has 1 aromatic rings. The van der Waals surface area contributed by atoms with Crippen molar-refractivity contribution in [2.45, 2.75) is 6.36 Å². The average Bonchev–Trinajstić information content (AvgIpc) is 2.28. The van der Waals surface area contributed by atoms with Gasteiger partial charge >= 0.3 is 18.2 Å². The lowest BCUT2D eigenvalue weighted by Gasteiger charge is -2.09. The maximum atomic E-state index is 11.8. The van der Waals surface area contributed by atoms with Crippen LogP contribution in [0.25, 0.3) is 0 Å². The molecule has 0 saturated carbocycles. The minimum atomic E-state index is -4.79. The van der Waals surface area contributed by atoms with Gasteiger partial charge in [-0.1, -0.05) is 0 Å². The van der Waals surface area contributed by atoms with Crippen molar-refractivity contribution in [1.82, 2.24) is 5.43 Å².